The van der Waals surface area contributed by atoms with E-state index in [4.69, 9.17) is 25.4 Å². The topological polar surface area (TPSA) is 39.7 Å². The molecule has 1 aromatic carbocycles. The van der Waals surface area contributed by atoms with Crippen LogP contribution < -0.4 is 9.84 Å². The van der Waals surface area contributed by atoms with Gasteiger partial charge in [-0.25, -0.2) is 0 Å². The monoisotopic (exact) mass is 289 g/mol. The molecule has 0 aliphatic rings. The molecular formula is C12H20NO3PS. The molecule has 6 heteroatoms. The van der Waals surface area contributed by atoms with E-state index in [0.717, 1.165) is 12.2 Å². The van der Waals surface area contributed by atoms with Crippen LogP contribution >= 0.6 is 6.72 Å². The van der Waals surface area contributed by atoms with Crippen molar-refractivity contribution in [1.82, 2.24) is 0 Å². The molecule has 0 atom stereocenters. The lowest BCUT2D eigenvalue weighted by atomic mass is 10.3. The number of nitrogens with one attached hydrogen (secondary N) is 1. The molecule has 0 fully saturated rings. The summed E-state index contributed by atoms with van der Waals surface area (Å²) in [4.78, 5) is 0. The highest BCUT2D eigenvalue weighted by molar-refractivity contribution is 8.07. The first-order chi connectivity index (χ1) is 8.63. The molecule has 0 bridgehead atoms. The molecule has 0 amide bonds. The molecule has 1 rings (SSSR count). The van der Waals surface area contributed by atoms with Gasteiger partial charge in [0.2, 0.25) is 0 Å². The second-order valence-electron chi connectivity index (χ2n) is 3.43. The Morgan fingerprint density at radius 3 is 2.06 bits per heavy atom. The van der Waals surface area contributed by atoms with Gasteiger partial charge in [-0.05, 0) is 45.0 Å². The first-order valence-corrected chi connectivity index (χ1v) is 8.61. The molecule has 1 N–H and O–H groups in total. The first-order valence-electron chi connectivity index (χ1n) is 6.06. The van der Waals surface area contributed by atoms with Crippen molar-refractivity contribution in [2.24, 2.45) is 0 Å². The van der Waals surface area contributed by atoms with Crippen LogP contribution in [-0.2, 0) is 20.9 Å². The van der Waals surface area contributed by atoms with Crippen molar-refractivity contribution in [3.05, 3.63) is 24.3 Å². The smallest absolute Gasteiger partial charge is 0.380 e. The van der Waals surface area contributed by atoms with Gasteiger partial charge in [0, 0.05) is 24.0 Å². The Morgan fingerprint density at radius 2 is 1.61 bits per heavy atom. The molecule has 0 unspecified atom stereocenters. The highest BCUT2D eigenvalue weighted by Crippen LogP contribution is 2.49. The average Bonchev–Trinajstić information content (AvgIpc) is 2.32. The zero-order valence-corrected chi connectivity index (χ0v) is 12.7. The Kier molecular flexibility index (Phi) is 6.65. The fourth-order valence-corrected chi connectivity index (χ4v) is 3.46. The summed E-state index contributed by atoms with van der Waals surface area (Å²) in [5.41, 5.74) is 1.05. The van der Waals surface area contributed by atoms with E-state index in [1.807, 2.05) is 45.0 Å². The Labute approximate surface area is 114 Å². The van der Waals surface area contributed by atoms with E-state index < -0.39 is 6.72 Å². The van der Waals surface area contributed by atoms with Gasteiger partial charge in [-0.1, -0.05) is 0 Å². The molecule has 0 heterocycles. The SMILES string of the molecule is CCNc1ccc(OP(=S)(OCC)OCC)cc1. The molecule has 0 spiro atoms. The molecule has 0 saturated carbocycles. The van der Waals surface area contributed by atoms with Crippen LogP contribution in [0.5, 0.6) is 5.75 Å². The maximum Gasteiger partial charge on any atom is 0.380 e. The molecular weight excluding hydrogens is 269 g/mol. The van der Waals surface area contributed by atoms with E-state index in [9.17, 15) is 0 Å². The summed E-state index contributed by atoms with van der Waals surface area (Å²) in [7, 11) is 0. The van der Waals surface area contributed by atoms with Gasteiger partial charge in [-0.3, -0.25) is 9.05 Å². The van der Waals surface area contributed by atoms with Gasteiger partial charge in [0.25, 0.3) is 0 Å². The number of rotatable bonds is 8. The van der Waals surface area contributed by atoms with Crippen molar-refractivity contribution in [3.8, 4) is 5.75 Å². The minimum absolute atomic E-state index is 0.479. The van der Waals surface area contributed by atoms with Crippen molar-refractivity contribution in [3.63, 3.8) is 0 Å². The van der Waals surface area contributed by atoms with Crippen LogP contribution in [0.3, 0.4) is 0 Å². The van der Waals surface area contributed by atoms with Crippen LogP contribution in [0.25, 0.3) is 0 Å². The quantitative estimate of drug-likeness (QED) is 0.737. The third-order valence-electron chi connectivity index (χ3n) is 2.03. The Morgan fingerprint density at radius 1 is 1.06 bits per heavy atom. The fourth-order valence-electron chi connectivity index (χ4n) is 1.37. The Balaban J connectivity index is 2.71. The van der Waals surface area contributed by atoms with Gasteiger partial charge >= 0.3 is 6.72 Å². The zero-order valence-electron chi connectivity index (χ0n) is 11.0. The Hall–Kier alpha value is -0.610. The van der Waals surface area contributed by atoms with Gasteiger partial charge in [0.05, 0.1) is 13.2 Å². The molecule has 0 radical (unpaired) electrons. The molecule has 0 saturated heterocycles. The number of anilines is 1. The van der Waals surface area contributed by atoms with E-state index >= 15 is 0 Å². The predicted molar refractivity (Wildman–Crippen MR) is 78.8 cm³/mol. The average molecular weight is 289 g/mol. The standard InChI is InChI=1S/C12H20NO3PS/c1-4-13-11-7-9-12(10-8-11)16-17(18,14-5-2)15-6-3/h7-10,13H,4-6H2,1-3H3. The van der Waals surface area contributed by atoms with E-state index in [2.05, 4.69) is 5.32 Å². The van der Waals surface area contributed by atoms with Crippen LogP contribution in [0.1, 0.15) is 20.8 Å². The lowest BCUT2D eigenvalue weighted by Gasteiger charge is -2.21. The molecule has 1 aromatic rings. The van der Waals surface area contributed by atoms with Gasteiger partial charge < -0.3 is 9.84 Å². The zero-order chi connectivity index (χ0) is 13.4. The third-order valence-corrected chi connectivity index (χ3v) is 4.47. The minimum Gasteiger partial charge on any atom is -0.424 e. The summed E-state index contributed by atoms with van der Waals surface area (Å²) < 4.78 is 16.5. The van der Waals surface area contributed by atoms with Crippen molar-refractivity contribution < 1.29 is 13.6 Å². The summed E-state index contributed by atoms with van der Waals surface area (Å²) in [5, 5.41) is 3.21. The summed E-state index contributed by atoms with van der Waals surface area (Å²) >= 11 is 5.30. The van der Waals surface area contributed by atoms with Gasteiger partial charge in [-0.2, -0.15) is 0 Å². The normalized spacial score (nSPS) is 11.3. The van der Waals surface area contributed by atoms with Gasteiger partial charge in [0.1, 0.15) is 5.75 Å². The summed E-state index contributed by atoms with van der Waals surface area (Å²) in [5.74, 6) is 0.668. The van der Waals surface area contributed by atoms with Gasteiger partial charge in [-0.15, -0.1) is 0 Å². The maximum atomic E-state index is 5.67. The predicted octanol–water partition coefficient (Wildman–Crippen LogP) is 3.79. The van der Waals surface area contributed by atoms with E-state index in [-0.39, 0.29) is 0 Å². The minimum atomic E-state index is -2.66. The highest BCUT2D eigenvalue weighted by Gasteiger charge is 2.20. The van der Waals surface area contributed by atoms with Crippen molar-refractivity contribution in [1.29, 1.82) is 0 Å². The summed E-state index contributed by atoms with van der Waals surface area (Å²) in [6.45, 7) is 4.98. The molecule has 102 valence electrons. The van der Waals surface area contributed by atoms with E-state index in [0.29, 0.717) is 19.0 Å². The molecule has 0 aliphatic carbocycles. The molecule has 0 aliphatic heterocycles. The largest absolute Gasteiger partial charge is 0.424 e. The molecule has 18 heavy (non-hydrogen) atoms. The van der Waals surface area contributed by atoms with E-state index in [1.165, 1.54) is 0 Å². The van der Waals surface area contributed by atoms with Crippen molar-refractivity contribution >= 4 is 24.2 Å². The number of benzene rings is 1. The van der Waals surface area contributed by atoms with Crippen molar-refractivity contribution in [2.45, 2.75) is 20.8 Å². The van der Waals surface area contributed by atoms with Gasteiger partial charge in [0.15, 0.2) is 0 Å². The van der Waals surface area contributed by atoms with Crippen molar-refractivity contribution in [2.75, 3.05) is 25.1 Å². The second kappa shape index (κ2) is 7.74. The van der Waals surface area contributed by atoms with Crippen LogP contribution in [-0.4, -0.2) is 19.8 Å². The highest BCUT2D eigenvalue weighted by atomic mass is 32.5. The molecule has 0 aromatic heterocycles. The first kappa shape index (κ1) is 15.4. The number of hydrogen-bond donors (Lipinski definition) is 1. The second-order valence-corrected chi connectivity index (χ2v) is 6.36. The van der Waals surface area contributed by atoms with Crippen LogP contribution in [0.2, 0.25) is 0 Å². The Bertz CT molecular complexity index is 387. The summed E-state index contributed by atoms with van der Waals surface area (Å²) in [6.07, 6.45) is 0. The maximum absolute atomic E-state index is 5.67. The van der Waals surface area contributed by atoms with E-state index in [1.54, 1.807) is 0 Å². The molecule has 4 nitrogen and oxygen atoms in total. The van der Waals surface area contributed by atoms with Crippen LogP contribution in [0, 0.1) is 0 Å². The number of hydrogen-bond acceptors (Lipinski definition) is 5. The lowest BCUT2D eigenvalue weighted by molar-refractivity contribution is 0.218. The fraction of sp³-hybridized carbons (Fsp3) is 0.500. The summed E-state index contributed by atoms with van der Waals surface area (Å²) in [6, 6.07) is 7.60. The third kappa shape index (κ3) is 4.94. The van der Waals surface area contributed by atoms with Crippen LogP contribution in [0.4, 0.5) is 5.69 Å². The lowest BCUT2D eigenvalue weighted by Crippen LogP contribution is -2.02. The van der Waals surface area contributed by atoms with Crippen LogP contribution in [0.15, 0.2) is 24.3 Å².